The van der Waals surface area contributed by atoms with Crippen LogP contribution in [0.4, 0.5) is 0 Å². The molecule has 0 aliphatic carbocycles. The van der Waals surface area contributed by atoms with Gasteiger partial charge in [0.2, 0.25) is 5.91 Å². The topological polar surface area (TPSA) is 29.1 Å². The van der Waals surface area contributed by atoms with Crippen LogP contribution in [0.25, 0.3) is 0 Å². The average molecular weight is 299 g/mol. The van der Waals surface area contributed by atoms with Gasteiger partial charge in [0, 0.05) is 11.4 Å². The number of carbonyl (C=O) groups is 1. The summed E-state index contributed by atoms with van der Waals surface area (Å²) >= 11 is 1.59. The van der Waals surface area contributed by atoms with Crippen molar-refractivity contribution in [3.8, 4) is 0 Å². The lowest BCUT2D eigenvalue weighted by atomic mass is 10.1. The molecule has 0 bridgehead atoms. The molecule has 2 aromatic carbocycles. The number of amides is 1. The van der Waals surface area contributed by atoms with Crippen molar-refractivity contribution in [3.63, 3.8) is 0 Å². The van der Waals surface area contributed by atoms with Gasteiger partial charge in [0.15, 0.2) is 0 Å². The number of hydrogen-bond donors (Lipinski definition) is 1. The highest BCUT2D eigenvalue weighted by Crippen LogP contribution is 2.35. The third-order valence-electron chi connectivity index (χ3n) is 3.02. The van der Waals surface area contributed by atoms with Gasteiger partial charge in [-0.1, -0.05) is 62.4 Å². The van der Waals surface area contributed by atoms with E-state index >= 15 is 0 Å². The molecule has 0 saturated carbocycles. The zero-order valence-electron chi connectivity index (χ0n) is 12.5. The molecule has 0 aromatic heterocycles. The Hall–Kier alpha value is -1.74. The van der Waals surface area contributed by atoms with Crippen LogP contribution in [-0.4, -0.2) is 12.5 Å². The number of nitrogens with one attached hydrogen (secondary N) is 1. The van der Waals surface area contributed by atoms with Gasteiger partial charge in [0.25, 0.3) is 0 Å². The zero-order chi connectivity index (χ0) is 15.1. The van der Waals surface area contributed by atoms with Crippen molar-refractivity contribution in [2.75, 3.05) is 6.54 Å². The number of benzene rings is 2. The van der Waals surface area contributed by atoms with E-state index in [1.807, 2.05) is 60.7 Å². The Morgan fingerprint density at radius 3 is 2.14 bits per heavy atom. The molecule has 2 nitrogen and oxygen atoms in total. The minimum absolute atomic E-state index is 0.0729. The highest BCUT2D eigenvalue weighted by Gasteiger charge is 2.21. The van der Waals surface area contributed by atoms with E-state index in [9.17, 15) is 4.79 Å². The highest BCUT2D eigenvalue weighted by molar-refractivity contribution is 8.00. The lowest BCUT2D eigenvalue weighted by Gasteiger charge is -2.18. The summed E-state index contributed by atoms with van der Waals surface area (Å²) < 4.78 is 0. The number of rotatable bonds is 6. The average Bonchev–Trinajstić information content (AvgIpc) is 2.52. The molecule has 0 aliphatic rings. The van der Waals surface area contributed by atoms with E-state index in [0.29, 0.717) is 12.5 Å². The van der Waals surface area contributed by atoms with Crippen LogP contribution in [0, 0.1) is 5.92 Å². The summed E-state index contributed by atoms with van der Waals surface area (Å²) in [5.41, 5.74) is 1.03. The Kier molecular flexibility index (Phi) is 5.88. The third kappa shape index (κ3) is 4.94. The lowest BCUT2D eigenvalue weighted by Crippen LogP contribution is -2.31. The largest absolute Gasteiger partial charge is 0.355 e. The second kappa shape index (κ2) is 7.89. The van der Waals surface area contributed by atoms with Crippen LogP contribution in [-0.2, 0) is 4.79 Å². The summed E-state index contributed by atoms with van der Waals surface area (Å²) in [6.45, 7) is 4.90. The second-order valence-electron chi connectivity index (χ2n) is 5.36. The predicted molar refractivity (Wildman–Crippen MR) is 89.3 cm³/mol. The van der Waals surface area contributed by atoms with Gasteiger partial charge in [-0.05, 0) is 23.6 Å². The van der Waals surface area contributed by atoms with E-state index in [0.717, 1.165) is 10.5 Å². The first-order valence-electron chi connectivity index (χ1n) is 7.21. The standard InChI is InChI=1S/C18H21NOS/c1-14(2)13-19-18(20)17(15-9-5-3-6-10-15)21-16-11-7-4-8-12-16/h3-12,14,17H,13H2,1-2H3,(H,19,20). The van der Waals surface area contributed by atoms with Crippen molar-refractivity contribution < 1.29 is 4.79 Å². The van der Waals surface area contributed by atoms with E-state index in [1.165, 1.54) is 0 Å². The van der Waals surface area contributed by atoms with E-state index in [4.69, 9.17) is 0 Å². The molecule has 1 amide bonds. The molecule has 1 unspecified atom stereocenters. The summed E-state index contributed by atoms with van der Waals surface area (Å²) in [7, 11) is 0. The van der Waals surface area contributed by atoms with Gasteiger partial charge in [0.1, 0.15) is 5.25 Å². The molecule has 0 aliphatic heterocycles. The van der Waals surface area contributed by atoms with Crippen LogP contribution >= 0.6 is 11.8 Å². The van der Waals surface area contributed by atoms with Gasteiger partial charge in [-0.2, -0.15) is 0 Å². The smallest absolute Gasteiger partial charge is 0.238 e. The van der Waals surface area contributed by atoms with Crippen molar-refractivity contribution in [3.05, 3.63) is 66.2 Å². The van der Waals surface area contributed by atoms with Crippen molar-refractivity contribution in [2.24, 2.45) is 5.92 Å². The Bertz CT molecular complexity index is 554. The molecule has 2 rings (SSSR count). The Balaban J connectivity index is 2.16. The maximum atomic E-state index is 12.5. The van der Waals surface area contributed by atoms with Crippen molar-refractivity contribution >= 4 is 17.7 Å². The van der Waals surface area contributed by atoms with Crippen LogP contribution in [0.2, 0.25) is 0 Å². The molecule has 1 N–H and O–H groups in total. The molecule has 0 radical (unpaired) electrons. The van der Waals surface area contributed by atoms with E-state index in [-0.39, 0.29) is 11.2 Å². The maximum absolute atomic E-state index is 12.5. The SMILES string of the molecule is CC(C)CNC(=O)C(Sc1ccccc1)c1ccccc1. The Labute approximate surface area is 131 Å². The summed E-state index contributed by atoms with van der Waals surface area (Å²) in [5.74, 6) is 0.524. The normalized spacial score (nSPS) is 12.1. The second-order valence-corrected chi connectivity index (χ2v) is 6.54. The zero-order valence-corrected chi connectivity index (χ0v) is 13.3. The first kappa shape index (κ1) is 15.6. The van der Waals surface area contributed by atoms with Crippen LogP contribution < -0.4 is 5.32 Å². The van der Waals surface area contributed by atoms with Gasteiger partial charge >= 0.3 is 0 Å². The van der Waals surface area contributed by atoms with Crippen molar-refractivity contribution in [2.45, 2.75) is 24.0 Å². The molecular weight excluding hydrogens is 278 g/mol. The molecule has 2 aromatic rings. The molecular formula is C18H21NOS. The van der Waals surface area contributed by atoms with Crippen molar-refractivity contribution in [1.82, 2.24) is 5.32 Å². The molecule has 0 fully saturated rings. The van der Waals surface area contributed by atoms with E-state index in [1.54, 1.807) is 11.8 Å². The number of hydrogen-bond acceptors (Lipinski definition) is 2. The Morgan fingerprint density at radius 2 is 1.57 bits per heavy atom. The van der Waals surface area contributed by atoms with Gasteiger partial charge in [0.05, 0.1) is 0 Å². The van der Waals surface area contributed by atoms with Crippen LogP contribution in [0.1, 0.15) is 24.7 Å². The fraction of sp³-hybridized carbons (Fsp3) is 0.278. The van der Waals surface area contributed by atoms with E-state index < -0.39 is 0 Å². The molecule has 0 saturated heterocycles. The minimum Gasteiger partial charge on any atom is -0.355 e. The van der Waals surface area contributed by atoms with Gasteiger partial charge in [-0.25, -0.2) is 0 Å². The molecule has 0 spiro atoms. The summed E-state index contributed by atoms with van der Waals surface area (Å²) in [6, 6.07) is 20.0. The molecule has 3 heteroatoms. The monoisotopic (exact) mass is 299 g/mol. The molecule has 0 heterocycles. The quantitative estimate of drug-likeness (QED) is 0.806. The first-order chi connectivity index (χ1) is 10.2. The molecule has 110 valence electrons. The number of thioether (sulfide) groups is 1. The fourth-order valence-corrected chi connectivity index (χ4v) is 3.00. The number of carbonyl (C=O) groups excluding carboxylic acids is 1. The molecule has 21 heavy (non-hydrogen) atoms. The Morgan fingerprint density at radius 1 is 1.00 bits per heavy atom. The lowest BCUT2D eigenvalue weighted by molar-refractivity contribution is -0.120. The molecule has 1 atom stereocenters. The predicted octanol–water partition coefficient (Wildman–Crippen LogP) is 4.29. The van der Waals surface area contributed by atoms with Crippen molar-refractivity contribution in [1.29, 1.82) is 0 Å². The van der Waals surface area contributed by atoms with E-state index in [2.05, 4.69) is 19.2 Å². The third-order valence-corrected chi connectivity index (χ3v) is 4.29. The summed E-state index contributed by atoms with van der Waals surface area (Å²) in [4.78, 5) is 13.6. The summed E-state index contributed by atoms with van der Waals surface area (Å²) in [5, 5.41) is 2.83. The first-order valence-corrected chi connectivity index (χ1v) is 8.09. The maximum Gasteiger partial charge on any atom is 0.238 e. The fourth-order valence-electron chi connectivity index (χ4n) is 1.93. The van der Waals surface area contributed by atoms with Crippen LogP contribution in [0.3, 0.4) is 0 Å². The minimum atomic E-state index is -0.215. The van der Waals surface area contributed by atoms with Gasteiger partial charge in [-0.15, -0.1) is 11.8 Å². The van der Waals surface area contributed by atoms with Crippen LogP contribution in [0.5, 0.6) is 0 Å². The van der Waals surface area contributed by atoms with Gasteiger partial charge in [-0.3, -0.25) is 4.79 Å². The highest BCUT2D eigenvalue weighted by atomic mass is 32.2. The van der Waals surface area contributed by atoms with Crippen LogP contribution in [0.15, 0.2) is 65.6 Å². The van der Waals surface area contributed by atoms with Gasteiger partial charge < -0.3 is 5.32 Å². The summed E-state index contributed by atoms with van der Waals surface area (Å²) in [6.07, 6.45) is 0.